The van der Waals surface area contributed by atoms with Gasteiger partial charge in [-0.2, -0.15) is 10.2 Å². The molecule has 3 aromatic rings. The van der Waals surface area contributed by atoms with Crippen LogP contribution in [0.5, 0.6) is 0 Å². The number of aromatic nitrogens is 4. The van der Waals surface area contributed by atoms with Gasteiger partial charge < -0.3 is 10.6 Å². The summed E-state index contributed by atoms with van der Waals surface area (Å²) in [7, 11) is 1.81. The molecule has 0 radical (unpaired) electrons. The van der Waals surface area contributed by atoms with Crippen LogP contribution >= 0.6 is 0 Å². The molecule has 1 aliphatic heterocycles. The van der Waals surface area contributed by atoms with Crippen LogP contribution in [0.25, 0.3) is 11.3 Å². The topological polar surface area (TPSA) is 105 Å². The second-order valence-corrected chi connectivity index (χ2v) is 6.24. The van der Waals surface area contributed by atoms with Crippen LogP contribution in [0.2, 0.25) is 0 Å². The summed E-state index contributed by atoms with van der Waals surface area (Å²) in [6, 6.07) is 7.63. The Morgan fingerprint density at radius 3 is 2.96 bits per heavy atom. The Morgan fingerprint density at radius 2 is 2.15 bits per heavy atom. The van der Waals surface area contributed by atoms with Gasteiger partial charge in [-0.25, -0.2) is 0 Å². The molecule has 3 N–H and O–H groups in total. The van der Waals surface area contributed by atoms with Crippen LogP contribution in [0.1, 0.15) is 28.3 Å². The number of H-pyrrole nitrogens is 1. The van der Waals surface area contributed by atoms with Crippen molar-refractivity contribution in [3.8, 4) is 11.3 Å². The van der Waals surface area contributed by atoms with E-state index in [1.807, 2.05) is 37.5 Å². The molecule has 2 aromatic heterocycles. The van der Waals surface area contributed by atoms with Crippen molar-refractivity contribution in [3.63, 3.8) is 0 Å². The second kappa shape index (κ2) is 6.47. The van der Waals surface area contributed by atoms with Crippen LogP contribution in [0.15, 0.2) is 42.9 Å². The highest BCUT2D eigenvalue weighted by Crippen LogP contribution is 2.33. The van der Waals surface area contributed by atoms with Gasteiger partial charge in [0.25, 0.3) is 5.91 Å². The first kappa shape index (κ1) is 16.1. The lowest BCUT2D eigenvalue weighted by Gasteiger charge is -2.10. The molecule has 4 rings (SSSR count). The van der Waals surface area contributed by atoms with E-state index in [2.05, 4.69) is 25.9 Å². The first-order valence-electron chi connectivity index (χ1n) is 8.34. The van der Waals surface area contributed by atoms with Crippen molar-refractivity contribution in [1.29, 1.82) is 0 Å². The minimum Gasteiger partial charge on any atom is -0.352 e. The third kappa shape index (κ3) is 2.85. The number of nitrogens with one attached hydrogen (secondary N) is 3. The third-order valence-electron chi connectivity index (χ3n) is 4.51. The summed E-state index contributed by atoms with van der Waals surface area (Å²) < 4.78 is 1.66. The Kier molecular flexibility index (Phi) is 4.00. The number of benzene rings is 1. The number of anilines is 1. The van der Waals surface area contributed by atoms with Crippen molar-refractivity contribution >= 4 is 17.5 Å². The van der Waals surface area contributed by atoms with Gasteiger partial charge in [-0.1, -0.05) is 18.2 Å². The molecule has 0 saturated carbocycles. The molecule has 8 heteroatoms. The molecule has 1 atom stereocenters. The van der Waals surface area contributed by atoms with Crippen LogP contribution < -0.4 is 10.6 Å². The van der Waals surface area contributed by atoms with Crippen LogP contribution in [-0.4, -0.2) is 38.3 Å². The summed E-state index contributed by atoms with van der Waals surface area (Å²) in [4.78, 5) is 24.6. The van der Waals surface area contributed by atoms with Gasteiger partial charge in [-0.3, -0.25) is 19.4 Å². The fourth-order valence-electron chi connectivity index (χ4n) is 3.22. The summed E-state index contributed by atoms with van der Waals surface area (Å²) in [5.74, 6) is -0.502. The van der Waals surface area contributed by atoms with Gasteiger partial charge in [0, 0.05) is 31.0 Å². The summed E-state index contributed by atoms with van der Waals surface area (Å²) in [6.45, 7) is 0.392. The van der Waals surface area contributed by atoms with E-state index in [9.17, 15) is 9.59 Å². The normalized spacial score (nSPS) is 15.6. The molecule has 0 fully saturated rings. The summed E-state index contributed by atoms with van der Waals surface area (Å²) >= 11 is 0. The maximum atomic E-state index is 12.5. The quantitative estimate of drug-likeness (QED) is 0.651. The van der Waals surface area contributed by atoms with Gasteiger partial charge in [-0.05, 0) is 18.1 Å². The lowest BCUT2D eigenvalue weighted by molar-refractivity contribution is -0.117. The average Bonchev–Trinajstić information content (AvgIpc) is 3.33. The summed E-state index contributed by atoms with van der Waals surface area (Å²) in [5.41, 5.74) is 3.70. The number of amides is 2. The number of carbonyl (C=O) groups is 2. The summed E-state index contributed by atoms with van der Waals surface area (Å²) in [5, 5.41) is 16.7. The molecule has 8 nitrogen and oxygen atoms in total. The molecule has 0 bridgehead atoms. The number of nitrogens with zero attached hydrogens (tertiary/aromatic N) is 3. The lowest BCUT2D eigenvalue weighted by atomic mass is 9.97. The average molecular weight is 350 g/mol. The van der Waals surface area contributed by atoms with Crippen LogP contribution in [0.4, 0.5) is 5.69 Å². The highest BCUT2D eigenvalue weighted by molar-refractivity contribution is 6.03. The maximum absolute atomic E-state index is 12.5. The van der Waals surface area contributed by atoms with Gasteiger partial charge >= 0.3 is 0 Å². The number of aromatic amines is 1. The number of hydrogen-bond donors (Lipinski definition) is 3. The number of rotatable bonds is 5. The Balaban J connectivity index is 1.41. The zero-order chi connectivity index (χ0) is 18.1. The molecule has 1 unspecified atom stereocenters. The van der Waals surface area contributed by atoms with E-state index >= 15 is 0 Å². The molecule has 132 valence electrons. The Bertz CT molecular complexity index is 973. The Labute approximate surface area is 149 Å². The SMILES string of the molecule is Cn1cc(-c2[nH]ncc2C(=O)NCCC2C(=O)Nc3ccccc32)cn1. The van der Waals surface area contributed by atoms with E-state index < -0.39 is 0 Å². The van der Waals surface area contributed by atoms with Crippen molar-refractivity contribution < 1.29 is 9.59 Å². The number of hydrogen-bond acceptors (Lipinski definition) is 4. The van der Waals surface area contributed by atoms with E-state index in [0.29, 0.717) is 24.2 Å². The molecule has 2 amide bonds. The lowest BCUT2D eigenvalue weighted by Crippen LogP contribution is -2.27. The maximum Gasteiger partial charge on any atom is 0.255 e. The molecular formula is C18H18N6O2. The molecule has 0 aliphatic carbocycles. The van der Waals surface area contributed by atoms with E-state index in [4.69, 9.17) is 0 Å². The number of fused-ring (bicyclic) bond motifs is 1. The van der Waals surface area contributed by atoms with Crippen LogP contribution in [0, 0.1) is 0 Å². The van der Waals surface area contributed by atoms with Gasteiger partial charge in [0.05, 0.1) is 29.6 Å². The number of aryl methyl sites for hydroxylation is 1. The zero-order valence-corrected chi connectivity index (χ0v) is 14.2. The van der Waals surface area contributed by atoms with Crippen molar-refractivity contribution in [2.75, 3.05) is 11.9 Å². The molecule has 3 heterocycles. The van der Waals surface area contributed by atoms with Crippen molar-refractivity contribution in [2.45, 2.75) is 12.3 Å². The first-order chi connectivity index (χ1) is 12.6. The molecule has 1 aromatic carbocycles. The van der Waals surface area contributed by atoms with Crippen molar-refractivity contribution in [3.05, 3.63) is 54.0 Å². The summed E-state index contributed by atoms with van der Waals surface area (Å²) in [6.07, 6.45) is 5.51. The van der Waals surface area contributed by atoms with E-state index in [0.717, 1.165) is 16.8 Å². The fraction of sp³-hybridized carbons (Fsp3) is 0.222. The predicted octanol–water partition coefficient (Wildman–Crippen LogP) is 1.67. The van der Waals surface area contributed by atoms with E-state index in [1.54, 1.807) is 10.9 Å². The van der Waals surface area contributed by atoms with Crippen LogP contribution in [0.3, 0.4) is 0 Å². The van der Waals surface area contributed by atoms with Gasteiger partial charge in [0.1, 0.15) is 0 Å². The van der Waals surface area contributed by atoms with E-state index in [-0.39, 0.29) is 17.7 Å². The molecule has 0 spiro atoms. The zero-order valence-electron chi connectivity index (χ0n) is 14.2. The van der Waals surface area contributed by atoms with Gasteiger partial charge in [0.15, 0.2) is 0 Å². The number of carbonyl (C=O) groups excluding carboxylic acids is 2. The first-order valence-corrected chi connectivity index (χ1v) is 8.34. The smallest absolute Gasteiger partial charge is 0.255 e. The third-order valence-corrected chi connectivity index (χ3v) is 4.51. The molecular weight excluding hydrogens is 332 g/mol. The van der Waals surface area contributed by atoms with E-state index in [1.165, 1.54) is 6.20 Å². The molecule has 26 heavy (non-hydrogen) atoms. The largest absolute Gasteiger partial charge is 0.352 e. The Hall–Kier alpha value is -3.42. The predicted molar refractivity (Wildman–Crippen MR) is 95.6 cm³/mol. The molecule has 0 saturated heterocycles. The van der Waals surface area contributed by atoms with Gasteiger partial charge in [0.2, 0.25) is 5.91 Å². The Morgan fingerprint density at radius 1 is 1.31 bits per heavy atom. The minimum absolute atomic E-state index is 0.0280. The fourth-order valence-corrected chi connectivity index (χ4v) is 3.22. The minimum atomic E-state index is -0.242. The van der Waals surface area contributed by atoms with Crippen LogP contribution in [-0.2, 0) is 11.8 Å². The van der Waals surface area contributed by atoms with Crippen molar-refractivity contribution in [1.82, 2.24) is 25.3 Å². The number of para-hydroxylation sites is 1. The second-order valence-electron chi connectivity index (χ2n) is 6.24. The molecule has 1 aliphatic rings. The standard InChI is InChI=1S/C18H18N6O2/c1-24-10-11(8-21-24)16-14(9-20-23-16)17(25)19-7-6-13-12-4-2-3-5-15(12)22-18(13)26/h2-5,8-10,13H,6-7H2,1H3,(H,19,25)(H,20,23)(H,22,26). The van der Waals surface area contributed by atoms with Gasteiger partial charge in [-0.15, -0.1) is 0 Å². The highest BCUT2D eigenvalue weighted by Gasteiger charge is 2.29. The highest BCUT2D eigenvalue weighted by atomic mass is 16.2. The monoisotopic (exact) mass is 350 g/mol. The van der Waals surface area contributed by atoms with Crippen molar-refractivity contribution in [2.24, 2.45) is 7.05 Å².